The Morgan fingerprint density at radius 1 is 0.833 bits per heavy atom. The molecule has 30 heavy (non-hydrogen) atoms. The van der Waals surface area contributed by atoms with Gasteiger partial charge in [-0.3, -0.25) is 0 Å². The fourth-order valence-electron chi connectivity index (χ4n) is 10.3. The van der Waals surface area contributed by atoms with Crippen LogP contribution in [-0.2, 0) is 9.47 Å². The maximum absolute atomic E-state index is 10.3. The molecular weight excluding hydrogens is 372 g/mol. The first-order valence-corrected chi connectivity index (χ1v) is 13.3. The molecular formula is C27H44O3. The van der Waals surface area contributed by atoms with Crippen LogP contribution in [0.4, 0.5) is 0 Å². The van der Waals surface area contributed by atoms with Crippen molar-refractivity contribution < 1.29 is 14.6 Å². The van der Waals surface area contributed by atoms with E-state index in [9.17, 15) is 5.11 Å². The number of hydrogen-bond acceptors (Lipinski definition) is 3. The molecule has 0 radical (unpaired) electrons. The van der Waals surface area contributed by atoms with Gasteiger partial charge < -0.3 is 14.6 Å². The van der Waals surface area contributed by atoms with Gasteiger partial charge in [-0.2, -0.15) is 0 Å². The Hall–Kier alpha value is -0.120. The highest BCUT2D eigenvalue weighted by Crippen LogP contribution is 2.71. The molecule has 0 bridgehead atoms. The molecule has 4 saturated carbocycles. The molecule has 2 unspecified atom stereocenters. The summed E-state index contributed by atoms with van der Waals surface area (Å²) in [5.74, 6) is 4.93. The number of aliphatic hydroxyl groups excluding tert-OH is 1. The summed E-state index contributed by atoms with van der Waals surface area (Å²) in [6.07, 6.45) is 12.9. The second-order valence-corrected chi connectivity index (χ2v) is 13.1. The smallest absolute Gasteiger partial charge is 0.171 e. The Balaban J connectivity index is 1.26. The SMILES string of the molecule is CC1CC[C@@]2(OC1)O[C@H]1C[C@H]3[C@@H]4CCC5C[C@H](O)CC[C@]5(C)[C@H]4CC[C@]3(C)[C@H]1[C@@H]2C. The highest BCUT2D eigenvalue weighted by Gasteiger charge is 2.69. The number of aliphatic hydroxyl groups is 1. The monoisotopic (exact) mass is 416 g/mol. The van der Waals surface area contributed by atoms with Crippen molar-refractivity contribution in [2.24, 2.45) is 52.3 Å². The summed E-state index contributed by atoms with van der Waals surface area (Å²) in [7, 11) is 0. The molecule has 0 amide bonds. The summed E-state index contributed by atoms with van der Waals surface area (Å²) in [4.78, 5) is 0. The van der Waals surface area contributed by atoms with Crippen LogP contribution in [0.25, 0.3) is 0 Å². The predicted molar refractivity (Wildman–Crippen MR) is 118 cm³/mol. The Morgan fingerprint density at radius 3 is 2.40 bits per heavy atom. The first-order valence-electron chi connectivity index (χ1n) is 13.3. The zero-order valence-electron chi connectivity index (χ0n) is 19.7. The first kappa shape index (κ1) is 20.5. The average Bonchev–Trinajstić information content (AvgIpc) is 3.16. The lowest BCUT2D eigenvalue weighted by Crippen LogP contribution is -2.55. The van der Waals surface area contributed by atoms with Gasteiger partial charge in [-0.15, -0.1) is 0 Å². The van der Waals surface area contributed by atoms with E-state index in [1.807, 2.05) is 0 Å². The predicted octanol–water partition coefficient (Wildman–Crippen LogP) is 5.79. The van der Waals surface area contributed by atoms with E-state index in [1.54, 1.807) is 0 Å². The van der Waals surface area contributed by atoms with Gasteiger partial charge in [0, 0.05) is 12.3 Å². The molecule has 12 atom stereocenters. The molecule has 1 spiro atoms. The van der Waals surface area contributed by atoms with Gasteiger partial charge in [0.1, 0.15) is 0 Å². The normalized spacial score (nSPS) is 62.5. The summed E-state index contributed by atoms with van der Waals surface area (Å²) in [5, 5.41) is 10.3. The fourth-order valence-corrected chi connectivity index (χ4v) is 10.3. The minimum absolute atomic E-state index is 0.0389. The van der Waals surface area contributed by atoms with E-state index in [-0.39, 0.29) is 11.9 Å². The molecule has 4 aliphatic carbocycles. The molecule has 6 aliphatic rings. The zero-order chi connectivity index (χ0) is 20.9. The summed E-state index contributed by atoms with van der Waals surface area (Å²) >= 11 is 0. The first-order chi connectivity index (χ1) is 14.3. The molecule has 0 aromatic rings. The maximum Gasteiger partial charge on any atom is 0.171 e. The van der Waals surface area contributed by atoms with Gasteiger partial charge in [0.05, 0.1) is 18.8 Å². The molecule has 6 rings (SSSR count). The lowest BCUT2D eigenvalue weighted by molar-refractivity contribution is -0.273. The summed E-state index contributed by atoms with van der Waals surface area (Å²) < 4.78 is 13.4. The van der Waals surface area contributed by atoms with Crippen LogP contribution < -0.4 is 0 Å². The second kappa shape index (κ2) is 6.70. The third-order valence-corrected chi connectivity index (χ3v) is 11.9. The van der Waals surface area contributed by atoms with Crippen LogP contribution in [0.3, 0.4) is 0 Å². The van der Waals surface area contributed by atoms with E-state index in [0.717, 1.165) is 49.5 Å². The Morgan fingerprint density at radius 2 is 1.63 bits per heavy atom. The highest BCUT2D eigenvalue weighted by molar-refractivity contribution is 5.15. The van der Waals surface area contributed by atoms with Crippen molar-refractivity contribution in [3.63, 3.8) is 0 Å². The van der Waals surface area contributed by atoms with Crippen LogP contribution >= 0.6 is 0 Å². The Bertz CT molecular complexity index is 684. The van der Waals surface area contributed by atoms with Crippen LogP contribution in [0.5, 0.6) is 0 Å². The molecule has 3 heteroatoms. The molecule has 170 valence electrons. The van der Waals surface area contributed by atoms with Gasteiger partial charge in [0.2, 0.25) is 0 Å². The third kappa shape index (κ3) is 2.61. The molecule has 3 nitrogen and oxygen atoms in total. The molecule has 0 aromatic heterocycles. The molecule has 1 N–H and O–H groups in total. The molecule has 6 fully saturated rings. The van der Waals surface area contributed by atoms with E-state index in [1.165, 1.54) is 44.9 Å². The second-order valence-electron chi connectivity index (χ2n) is 13.1. The standard InChI is InChI=1S/C27H44O3/c1-16-7-12-27(29-15-16)17(2)24-23(30-27)14-22-20-6-5-18-13-19(28)8-10-25(18,3)21(20)9-11-26(22,24)4/h16-24,28H,5-15H2,1-4H3/t16?,17-,18?,19+,20+,21-,22-,23-,24-,25-,26-,27+/m0/s1. The lowest BCUT2D eigenvalue weighted by atomic mass is 9.44. The quantitative estimate of drug-likeness (QED) is 0.543. The van der Waals surface area contributed by atoms with Gasteiger partial charge in [-0.05, 0) is 104 Å². The van der Waals surface area contributed by atoms with Crippen molar-refractivity contribution in [3.8, 4) is 0 Å². The summed E-state index contributed by atoms with van der Waals surface area (Å²) in [5.41, 5.74) is 0.899. The van der Waals surface area contributed by atoms with E-state index < -0.39 is 0 Å². The fraction of sp³-hybridized carbons (Fsp3) is 1.00. The molecule has 0 aromatic carbocycles. The van der Waals surface area contributed by atoms with Crippen molar-refractivity contribution >= 4 is 0 Å². The van der Waals surface area contributed by atoms with E-state index in [2.05, 4.69) is 27.7 Å². The third-order valence-electron chi connectivity index (χ3n) is 11.9. The molecule has 2 aliphatic heterocycles. The van der Waals surface area contributed by atoms with E-state index >= 15 is 0 Å². The number of fused-ring (bicyclic) bond motifs is 7. The molecule has 2 saturated heterocycles. The lowest BCUT2D eigenvalue weighted by Gasteiger charge is -2.61. The zero-order valence-corrected chi connectivity index (χ0v) is 19.7. The topological polar surface area (TPSA) is 38.7 Å². The van der Waals surface area contributed by atoms with Gasteiger partial charge in [0.15, 0.2) is 5.79 Å². The number of hydrogen-bond donors (Lipinski definition) is 1. The van der Waals surface area contributed by atoms with Gasteiger partial charge in [-0.1, -0.05) is 27.7 Å². The maximum atomic E-state index is 10.3. The average molecular weight is 417 g/mol. The van der Waals surface area contributed by atoms with Crippen LogP contribution in [0.1, 0.15) is 91.9 Å². The Labute approximate surface area is 183 Å². The van der Waals surface area contributed by atoms with Gasteiger partial charge in [0.25, 0.3) is 0 Å². The summed E-state index contributed by atoms with van der Waals surface area (Å²) in [6, 6.07) is 0. The minimum Gasteiger partial charge on any atom is -0.393 e. The summed E-state index contributed by atoms with van der Waals surface area (Å²) in [6.45, 7) is 10.9. The van der Waals surface area contributed by atoms with Crippen molar-refractivity contribution in [3.05, 3.63) is 0 Å². The number of rotatable bonds is 0. The van der Waals surface area contributed by atoms with E-state index in [4.69, 9.17) is 9.47 Å². The number of ether oxygens (including phenoxy) is 2. The van der Waals surface area contributed by atoms with Crippen molar-refractivity contribution in [1.82, 2.24) is 0 Å². The van der Waals surface area contributed by atoms with Crippen molar-refractivity contribution in [2.75, 3.05) is 6.61 Å². The van der Waals surface area contributed by atoms with Gasteiger partial charge >= 0.3 is 0 Å². The van der Waals surface area contributed by atoms with Crippen LogP contribution in [-0.4, -0.2) is 29.7 Å². The highest BCUT2D eigenvalue weighted by atomic mass is 16.7. The van der Waals surface area contributed by atoms with Crippen molar-refractivity contribution in [2.45, 2.75) is 110 Å². The van der Waals surface area contributed by atoms with E-state index in [0.29, 0.717) is 34.7 Å². The molecule has 2 heterocycles. The largest absolute Gasteiger partial charge is 0.393 e. The van der Waals surface area contributed by atoms with Crippen LogP contribution in [0, 0.1) is 52.3 Å². The van der Waals surface area contributed by atoms with Gasteiger partial charge in [-0.25, -0.2) is 0 Å². The Kier molecular flexibility index (Phi) is 4.58. The van der Waals surface area contributed by atoms with Crippen molar-refractivity contribution in [1.29, 1.82) is 0 Å². The van der Waals surface area contributed by atoms with Crippen LogP contribution in [0.15, 0.2) is 0 Å². The van der Waals surface area contributed by atoms with Crippen LogP contribution in [0.2, 0.25) is 0 Å². The minimum atomic E-state index is -0.282.